The van der Waals surface area contributed by atoms with Crippen LogP contribution < -0.4 is 4.98 Å². The maximum Gasteiger partial charge on any atom is 0.116 e. The highest BCUT2D eigenvalue weighted by Gasteiger charge is 2.19. The summed E-state index contributed by atoms with van der Waals surface area (Å²) in [4.78, 5) is 3.56. The van der Waals surface area contributed by atoms with Crippen LogP contribution in [-0.2, 0) is 0 Å². The Labute approximate surface area is 77.2 Å². The summed E-state index contributed by atoms with van der Waals surface area (Å²) in [6, 6.07) is 0. The molecule has 66 valence electrons. The zero-order valence-corrected chi connectivity index (χ0v) is 9.34. The maximum atomic E-state index is 3.75. The average molecular weight is 179 g/mol. The first-order valence-corrected chi connectivity index (χ1v) is 5.90. The summed E-state index contributed by atoms with van der Waals surface area (Å²) in [5.74, 6) is 0. The van der Waals surface area contributed by atoms with Crippen molar-refractivity contribution in [2.75, 3.05) is 0 Å². The van der Waals surface area contributed by atoms with Crippen molar-refractivity contribution in [3.8, 4) is 0 Å². The van der Waals surface area contributed by atoms with Gasteiger partial charge >= 0.3 is 0 Å². The molecular formula is C10H17NSi. The molecule has 0 saturated carbocycles. The lowest BCUT2D eigenvalue weighted by molar-refractivity contribution is 0.534. The molecule has 1 aliphatic carbocycles. The molecule has 0 spiro atoms. The number of hydrogen-bond donors (Lipinski definition) is 1. The van der Waals surface area contributed by atoms with E-state index in [-0.39, 0.29) is 15.2 Å². The fourth-order valence-corrected chi connectivity index (χ4v) is 2.13. The third kappa shape index (κ3) is 2.46. The standard InChI is InChI=1S/C10H17NSi/c1-4-12-11-10(3)7-5-9(2)6-8-10/h4-7,11H,1,8,12H2,2-3H3. The van der Waals surface area contributed by atoms with Gasteiger partial charge in [-0.3, -0.25) is 0 Å². The first-order chi connectivity index (χ1) is 5.66. The Kier molecular flexibility index (Phi) is 3.06. The highest BCUT2D eigenvalue weighted by molar-refractivity contribution is 6.39. The average Bonchev–Trinajstić information content (AvgIpc) is 2.08. The first-order valence-electron chi connectivity index (χ1n) is 4.38. The number of rotatable bonds is 3. The molecular weight excluding hydrogens is 162 g/mol. The summed E-state index contributed by atoms with van der Waals surface area (Å²) in [6.07, 6.45) is 7.84. The van der Waals surface area contributed by atoms with Crippen LogP contribution in [0.5, 0.6) is 0 Å². The van der Waals surface area contributed by atoms with Gasteiger partial charge in [0.25, 0.3) is 0 Å². The maximum absolute atomic E-state index is 3.75. The molecule has 1 rings (SSSR count). The number of hydrogen-bond acceptors (Lipinski definition) is 1. The van der Waals surface area contributed by atoms with E-state index in [4.69, 9.17) is 0 Å². The SMILES string of the molecule is C=C[SiH2]NC1(C)C=CC(C)=CC1. The van der Waals surface area contributed by atoms with Gasteiger partial charge in [0.05, 0.1) is 0 Å². The van der Waals surface area contributed by atoms with Crippen LogP contribution in [0.15, 0.2) is 36.1 Å². The summed E-state index contributed by atoms with van der Waals surface area (Å²) in [7, 11) is -0.263. The second-order valence-corrected chi connectivity index (χ2v) is 4.91. The monoisotopic (exact) mass is 179 g/mol. The molecule has 0 heterocycles. The predicted molar refractivity (Wildman–Crippen MR) is 57.8 cm³/mol. The van der Waals surface area contributed by atoms with E-state index in [1.165, 1.54) is 5.57 Å². The van der Waals surface area contributed by atoms with Gasteiger partial charge in [-0.05, 0) is 20.3 Å². The third-order valence-electron chi connectivity index (χ3n) is 2.21. The second kappa shape index (κ2) is 3.87. The van der Waals surface area contributed by atoms with Crippen molar-refractivity contribution in [1.82, 2.24) is 4.98 Å². The molecule has 0 aromatic carbocycles. The summed E-state index contributed by atoms with van der Waals surface area (Å²) in [5.41, 5.74) is 3.60. The molecule has 2 heteroatoms. The van der Waals surface area contributed by atoms with Crippen LogP contribution in [0.25, 0.3) is 0 Å². The highest BCUT2D eigenvalue weighted by Crippen LogP contribution is 2.19. The van der Waals surface area contributed by atoms with Crippen LogP contribution in [0, 0.1) is 0 Å². The van der Waals surface area contributed by atoms with Crippen LogP contribution in [0.3, 0.4) is 0 Å². The van der Waals surface area contributed by atoms with Crippen molar-refractivity contribution in [2.45, 2.75) is 25.8 Å². The first kappa shape index (κ1) is 9.48. The minimum absolute atomic E-state index is 0.194. The van der Waals surface area contributed by atoms with Gasteiger partial charge in [-0.1, -0.05) is 29.5 Å². The Morgan fingerprint density at radius 3 is 3.00 bits per heavy atom. The zero-order valence-electron chi connectivity index (χ0n) is 7.93. The van der Waals surface area contributed by atoms with E-state index < -0.39 is 0 Å². The van der Waals surface area contributed by atoms with Crippen molar-refractivity contribution in [3.63, 3.8) is 0 Å². The third-order valence-corrected chi connectivity index (χ3v) is 3.51. The highest BCUT2D eigenvalue weighted by atomic mass is 28.2. The molecule has 0 fully saturated rings. The predicted octanol–water partition coefficient (Wildman–Crippen LogP) is 1.47. The number of nitrogens with one attached hydrogen (secondary N) is 1. The van der Waals surface area contributed by atoms with E-state index in [9.17, 15) is 0 Å². The van der Waals surface area contributed by atoms with Crippen LogP contribution >= 0.6 is 0 Å². The smallest absolute Gasteiger partial charge is 0.116 e. The molecule has 0 bridgehead atoms. The molecule has 1 unspecified atom stereocenters. The van der Waals surface area contributed by atoms with Crippen molar-refractivity contribution in [2.24, 2.45) is 0 Å². The molecule has 0 aromatic heterocycles. The van der Waals surface area contributed by atoms with Crippen molar-refractivity contribution >= 4 is 9.68 Å². The minimum Gasteiger partial charge on any atom is -0.330 e. The Balaban J connectivity index is 2.53. The second-order valence-electron chi connectivity index (χ2n) is 3.57. The van der Waals surface area contributed by atoms with Gasteiger partial charge < -0.3 is 4.98 Å². The molecule has 0 radical (unpaired) electrons. The molecule has 0 aromatic rings. The van der Waals surface area contributed by atoms with E-state index in [0.717, 1.165) is 6.42 Å². The normalized spacial score (nSPS) is 29.3. The fourth-order valence-electron chi connectivity index (χ4n) is 1.26. The minimum atomic E-state index is -0.263. The summed E-state index contributed by atoms with van der Waals surface area (Å²) < 4.78 is 0. The van der Waals surface area contributed by atoms with Gasteiger partial charge in [-0.15, -0.1) is 6.58 Å². The van der Waals surface area contributed by atoms with E-state index in [1.807, 2.05) is 5.70 Å². The molecule has 12 heavy (non-hydrogen) atoms. The lowest BCUT2D eigenvalue weighted by Crippen LogP contribution is -2.42. The molecule has 0 saturated heterocycles. The molecule has 1 atom stereocenters. The van der Waals surface area contributed by atoms with E-state index in [1.54, 1.807) is 0 Å². The van der Waals surface area contributed by atoms with Crippen molar-refractivity contribution in [1.29, 1.82) is 0 Å². The van der Waals surface area contributed by atoms with E-state index in [0.29, 0.717) is 0 Å². The Morgan fingerprint density at radius 2 is 2.50 bits per heavy atom. The Morgan fingerprint density at radius 1 is 1.75 bits per heavy atom. The van der Waals surface area contributed by atoms with Gasteiger partial charge in [0.2, 0.25) is 0 Å². The van der Waals surface area contributed by atoms with Crippen molar-refractivity contribution < 1.29 is 0 Å². The van der Waals surface area contributed by atoms with Gasteiger partial charge in [0, 0.05) is 5.54 Å². The molecule has 1 nitrogen and oxygen atoms in total. The topological polar surface area (TPSA) is 12.0 Å². The number of allylic oxidation sites excluding steroid dienone is 2. The lowest BCUT2D eigenvalue weighted by Gasteiger charge is -2.28. The van der Waals surface area contributed by atoms with E-state index >= 15 is 0 Å². The Hall–Kier alpha value is -0.603. The van der Waals surface area contributed by atoms with Crippen LogP contribution in [0.2, 0.25) is 0 Å². The fraction of sp³-hybridized carbons (Fsp3) is 0.400. The molecule has 1 aliphatic rings. The van der Waals surface area contributed by atoms with E-state index in [2.05, 4.69) is 43.6 Å². The molecule has 1 N–H and O–H groups in total. The van der Waals surface area contributed by atoms with Crippen molar-refractivity contribution in [3.05, 3.63) is 36.1 Å². The van der Waals surface area contributed by atoms with Gasteiger partial charge in [0.15, 0.2) is 0 Å². The van der Waals surface area contributed by atoms with Gasteiger partial charge in [0.1, 0.15) is 9.68 Å². The summed E-state index contributed by atoms with van der Waals surface area (Å²) in [5, 5.41) is 0. The molecule has 0 amide bonds. The van der Waals surface area contributed by atoms with Crippen LogP contribution in [0.4, 0.5) is 0 Å². The lowest BCUT2D eigenvalue weighted by atomic mass is 9.92. The zero-order chi connectivity index (χ0) is 9.03. The summed E-state index contributed by atoms with van der Waals surface area (Å²) >= 11 is 0. The quantitative estimate of drug-likeness (QED) is 0.647. The Bertz CT molecular complexity index is 230. The van der Waals surface area contributed by atoms with Crippen LogP contribution in [-0.4, -0.2) is 15.2 Å². The van der Waals surface area contributed by atoms with Crippen LogP contribution in [0.1, 0.15) is 20.3 Å². The van der Waals surface area contributed by atoms with Gasteiger partial charge in [-0.2, -0.15) is 0 Å². The summed E-state index contributed by atoms with van der Waals surface area (Å²) in [6.45, 7) is 8.13. The molecule has 0 aliphatic heterocycles. The van der Waals surface area contributed by atoms with Gasteiger partial charge in [-0.25, -0.2) is 0 Å². The largest absolute Gasteiger partial charge is 0.330 e.